The molecule has 0 saturated carbocycles. The van der Waals surface area contributed by atoms with Crippen molar-refractivity contribution in [2.75, 3.05) is 0 Å². The van der Waals surface area contributed by atoms with Crippen molar-refractivity contribution in [2.24, 2.45) is 5.92 Å². The Morgan fingerprint density at radius 2 is 1.72 bits per heavy atom. The van der Waals surface area contributed by atoms with Gasteiger partial charge in [0.05, 0.1) is 0 Å². The number of allylic oxidation sites excluding steroid dienone is 8. The number of hydrogen-bond acceptors (Lipinski definition) is 0. The zero-order valence-electron chi connectivity index (χ0n) is 14.4. The Morgan fingerprint density at radius 3 is 2.60 bits per heavy atom. The van der Waals surface area contributed by atoms with Crippen LogP contribution in [0.3, 0.4) is 0 Å². The maximum absolute atomic E-state index is 2.40. The fourth-order valence-corrected chi connectivity index (χ4v) is 4.48. The molecule has 120 valence electrons. The van der Waals surface area contributed by atoms with E-state index < -0.39 is 0 Å². The van der Waals surface area contributed by atoms with E-state index in [0.717, 1.165) is 12.8 Å². The van der Waals surface area contributed by atoms with Gasteiger partial charge in [-0.2, -0.15) is 0 Å². The van der Waals surface area contributed by atoms with E-state index in [9.17, 15) is 0 Å². The van der Waals surface area contributed by atoms with Crippen LogP contribution >= 0.6 is 0 Å². The molecule has 2 aromatic rings. The second kappa shape index (κ2) is 6.54. The summed E-state index contributed by atoms with van der Waals surface area (Å²) in [7, 11) is 0. The molecule has 1 atom stereocenters. The topological polar surface area (TPSA) is 0 Å². The Balaban J connectivity index is 0.00000157. The van der Waals surface area contributed by atoms with Gasteiger partial charge in [0.25, 0.3) is 0 Å². The fourth-order valence-electron chi connectivity index (χ4n) is 4.48. The number of hydrogen-bond donors (Lipinski definition) is 0. The first-order valence-corrected chi connectivity index (χ1v) is 8.87. The molecule has 0 nitrogen and oxygen atoms in total. The fraction of sp³-hybridized carbons (Fsp3) is 0.167. The van der Waals surface area contributed by atoms with Crippen LogP contribution in [0.1, 0.15) is 30.0 Å². The van der Waals surface area contributed by atoms with E-state index in [0.29, 0.717) is 5.92 Å². The molecule has 1 heteroatoms. The average Bonchev–Trinajstić information content (AvgIpc) is 3.19. The third kappa shape index (κ3) is 2.52. The number of fused-ring (bicyclic) bond motifs is 4. The quantitative estimate of drug-likeness (QED) is 0.488. The van der Waals surface area contributed by atoms with E-state index in [1.165, 1.54) is 44.5 Å². The Morgan fingerprint density at radius 1 is 0.920 bits per heavy atom. The summed E-state index contributed by atoms with van der Waals surface area (Å²) in [6, 6.07) is 15.7. The van der Waals surface area contributed by atoms with Gasteiger partial charge in [-0.05, 0) is 57.4 Å². The molecule has 0 N–H and O–H groups in total. The van der Waals surface area contributed by atoms with Crippen LogP contribution in [-0.2, 0) is 32.6 Å². The molecule has 0 aromatic heterocycles. The molecule has 0 heterocycles. The number of rotatable bonds is 2. The molecule has 0 saturated heterocycles. The minimum atomic E-state index is 0. The summed E-state index contributed by atoms with van der Waals surface area (Å²) in [4.78, 5) is 0. The van der Waals surface area contributed by atoms with Gasteiger partial charge >= 0.3 is 0 Å². The molecule has 0 amide bonds. The first kappa shape index (κ1) is 16.7. The third-order valence-corrected chi connectivity index (χ3v) is 5.58. The predicted molar refractivity (Wildman–Crippen MR) is 102 cm³/mol. The van der Waals surface area contributed by atoms with E-state index in [4.69, 9.17) is 0 Å². The van der Waals surface area contributed by atoms with Gasteiger partial charge in [0.1, 0.15) is 0 Å². The first-order valence-electron chi connectivity index (χ1n) is 8.87. The van der Waals surface area contributed by atoms with Crippen LogP contribution in [0.4, 0.5) is 0 Å². The van der Waals surface area contributed by atoms with E-state index in [1.807, 2.05) is 0 Å². The van der Waals surface area contributed by atoms with Crippen molar-refractivity contribution < 1.29 is 26.2 Å². The first-order chi connectivity index (χ1) is 11.9. The second-order valence-electron chi connectivity index (χ2n) is 6.82. The molecule has 3 aliphatic rings. The van der Waals surface area contributed by atoms with Crippen molar-refractivity contribution in [3.8, 4) is 11.1 Å². The van der Waals surface area contributed by atoms with Crippen molar-refractivity contribution >= 4 is 5.57 Å². The molecule has 0 aliphatic heterocycles. The number of benzene rings is 2. The van der Waals surface area contributed by atoms with Crippen molar-refractivity contribution in [3.05, 3.63) is 101 Å². The third-order valence-electron chi connectivity index (χ3n) is 5.58. The van der Waals surface area contributed by atoms with Crippen molar-refractivity contribution in [3.63, 3.8) is 0 Å². The molecule has 5 rings (SSSR count). The Kier molecular flexibility index (Phi) is 4.38. The van der Waals surface area contributed by atoms with Crippen molar-refractivity contribution in [1.29, 1.82) is 0 Å². The molecule has 0 radical (unpaired) electrons. The van der Waals surface area contributed by atoms with Gasteiger partial charge in [0, 0.05) is 32.1 Å². The smallest absolute Gasteiger partial charge is 0.0281 e. The van der Waals surface area contributed by atoms with E-state index in [-0.39, 0.29) is 26.2 Å². The summed E-state index contributed by atoms with van der Waals surface area (Å²) in [5, 5.41) is 0. The second-order valence-corrected chi connectivity index (χ2v) is 6.82. The molecule has 1 unspecified atom stereocenters. The standard InChI is InChI=1S/C24H20.Zr/c1-2-16-14-17-8-4-6-11-20(17)24(16)22-13-7-12-21-19-10-5-3-9-18(19)15-23(21)22;/h3-14,20H,2,15H2,1H3;. The van der Waals surface area contributed by atoms with Crippen LogP contribution in [0.5, 0.6) is 0 Å². The Hall–Kier alpha value is -1.72. The minimum absolute atomic E-state index is 0. The SMILES string of the molecule is CCC1=C(c2cccc3c2Cc2ccccc2-3)C2C=CC=CC2=C1.[Zr]. The van der Waals surface area contributed by atoms with Crippen LogP contribution in [0, 0.1) is 5.92 Å². The molecule has 0 bridgehead atoms. The average molecular weight is 400 g/mol. The van der Waals surface area contributed by atoms with Gasteiger partial charge in [-0.15, -0.1) is 0 Å². The van der Waals surface area contributed by atoms with E-state index >= 15 is 0 Å². The molecular weight excluding hydrogens is 379 g/mol. The summed E-state index contributed by atoms with van der Waals surface area (Å²) >= 11 is 0. The van der Waals surface area contributed by atoms with Crippen LogP contribution in [0.2, 0.25) is 0 Å². The van der Waals surface area contributed by atoms with Crippen molar-refractivity contribution in [1.82, 2.24) is 0 Å². The van der Waals surface area contributed by atoms with Gasteiger partial charge < -0.3 is 0 Å². The summed E-state index contributed by atoms with van der Waals surface area (Å²) in [6.07, 6.45) is 13.5. The Labute approximate surface area is 168 Å². The van der Waals surface area contributed by atoms with Crippen LogP contribution in [0.25, 0.3) is 16.7 Å². The van der Waals surface area contributed by atoms with Gasteiger partial charge in [-0.1, -0.05) is 79.8 Å². The van der Waals surface area contributed by atoms with Gasteiger partial charge in [-0.25, -0.2) is 0 Å². The minimum Gasteiger partial charge on any atom is -0.0726 e. The van der Waals surface area contributed by atoms with Gasteiger partial charge in [0.2, 0.25) is 0 Å². The van der Waals surface area contributed by atoms with Gasteiger partial charge in [-0.3, -0.25) is 0 Å². The zero-order valence-corrected chi connectivity index (χ0v) is 16.9. The molecular formula is C24H20Zr. The van der Waals surface area contributed by atoms with Gasteiger partial charge in [0.15, 0.2) is 0 Å². The zero-order chi connectivity index (χ0) is 16.1. The molecule has 0 fully saturated rings. The van der Waals surface area contributed by atoms with Crippen LogP contribution < -0.4 is 0 Å². The van der Waals surface area contributed by atoms with Crippen LogP contribution in [0.15, 0.2) is 84.0 Å². The maximum Gasteiger partial charge on any atom is 0.0281 e. The largest absolute Gasteiger partial charge is 0.0726 e. The normalized spacial score (nSPS) is 19.2. The monoisotopic (exact) mass is 398 g/mol. The molecule has 3 aliphatic carbocycles. The Bertz CT molecular complexity index is 969. The summed E-state index contributed by atoms with van der Waals surface area (Å²) in [6.45, 7) is 2.27. The molecule has 0 spiro atoms. The predicted octanol–water partition coefficient (Wildman–Crippen LogP) is 6.10. The molecule has 2 aromatic carbocycles. The maximum atomic E-state index is 2.40. The van der Waals surface area contributed by atoms with Crippen molar-refractivity contribution in [2.45, 2.75) is 19.8 Å². The van der Waals surface area contributed by atoms with E-state index in [1.54, 1.807) is 0 Å². The summed E-state index contributed by atoms with van der Waals surface area (Å²) in [5.74, 6) is 0.431. The van der Waals surface area contributed by atoms with E-state index in [2.05, 4.69) is 79.8 Å². The van der Waals surface area contributed by atoms with Crippen LogP contribution in [-0.4, -0.2) is 0 Å². The summed E-state index contributed by atoms with van der Waals surface area (Å²) in [5.41, 5.74) is 11.7. The summed E-state index contributed by atoms with van der Waals surface area (Å²) < 4.78 is 0. The molecule has 25 heavy (non-hydrogen) atoms.